The lowest BCUT2D eigenvalue weighted by Gasteiger charge is -1.99. The average Bonchev–Trinajstić information content (AvgIpc) is 3.01. The molecule has 5 nitrogen and oxygen atoms in total. The number of rotatable bonds is 4. The van der Waals surface area contributed by atoms with Crippen LogP contribution < -0.4 is 0 Å². The third kappa shape index (κ3) is 3.49. The number of nitrogens with one attached hydrogen (secondary N) is 1. The van der Waals surface area contributed by atoms with Crippen LogP contribution in [0.2, 0.25) is 0 Å². The summed E-state index contributed by atoms with van der Waals surface area (Å²) in [5.74, 6) is -0.362. The number of carbonyl (C=O) groups excluding carboxylic acids is 1. The summed E-state index contributed by atoms with van der Waals surface area (Å²) >= 11 is 5.29. The number of carbonyl (C=O) groups is 1. The molecule has 0 aliphatic heterocycles. The van der Waals surface area contributed by atoms with Crippen molar-refractivity contribution in [2.24, 2.45) is 5.10 Å². The van der Waals surface area contributed by atoms with Gasteiger partial charge < -0.3 is 9.72 Å². The summed E-state index contributed by atoms with van der Waals surface area (Å²) < 4.78 is 6.78. The molecule has 3 rings (SSSR count). The number of imidazole rings is 1. The molecule has 24 heavy (non-hydrogen) atoms. The number of hydrogen-bond acceptors (Lipinski definition) is 4. The van der Waals surface area contributed by atoms with Crippen molar-refractivity contribution in [1.82, 2.24) is 9.66 Å². The highest BCUT2D eigenvalue weighted by Gasteiger charge is 2.04. The van der Waals surface area contributed by atoms with Gasteiger partial charge in [0.05, 0.1) is 30.8 Å². The van der Waals surface area contributed by atoms with Crippen molar-refractivity contribution in [2.45, 2.75) is 0 Å². The average molecular weight is 337 g/mol. The highest BCUT2D eigenvalue weighted by molar-refractivity contribution is 7.71. The molecule has 0 aliphatic carbocycles. The van der Waals surface area contributed by atoms with Crippen LogP contribution in [-0.4, -0.2) is 29.0 Å². The smallest absolute Gasteiger partial charge is 0.337 e. The van der Waals surface area contributed by atoms with Gasteiger partial charge in [-0.25, -0.2) is 9.47 Å². The van der Waals surface area contributed by atoms with Gasteiger partial charge in [0.15, 0.2) is 4.77 Å². The number of esters is 1. The maximum Gasteiger partial charge on any atom is 0.337 e. The van der Waals surface area contributed by atoms with Crippen LogP contribution in [0.1, 0.15) is 15.9 Å². The maximum atomic E-state index is 11.4. The minimum atomic E-state index is -0.362. The van der Waals surface area contributed by atoms with Crippen molar-refractivity contribution in [1.29, 1.82) is 0 Å². The summed E-state index contributed by atoms with van der Waals surface area (Å²) in [7, 11) is 1.36. The lowest BCUT2D eigenvalue weighted by Crippen LogP contribution is -2.00. The van der Waals surface area contributed by atoms with Gasteiger partial charge in [0.2, 0.25) is 0 Å². The first kappa shape index (κ1) is 15.9. The fourth-order valence-corrected chi connectivity index (χ4v) is 2.40. The molecule has 0 unspecified atom stereocenters. The molecule has 1 heterocycles. The van der Waals surface area contributed by atoms with Crippen LogP contribution in [0.3, 0.4) is 0 Å². The Morgan fingerprint density at radius 1 is 1.17 bits per heavy atom. The van der Waals surface area contributed by atoms with Crippen LogP contribution in [0.25, 0.3) is 11.3 Å². The normalized spacial score (nSPS) is 10.9. The van der Waals surface area contributed by atoms with Crippen molar-refractivity contribution in [2.75, 3.05) is 7.11 Å². The Balaban J connectivity index is 1.81. The molecule has 0 aliphatic rings. The van der Waals surface area contributed by atoms with E-state index in [4.69, 9.17) is 12.2 Å². The predicted molar refractivity (Wildman–Crippen MR) is 95.8 cm³/mol. The topological polar surface area (TPSA) is 59.4 Å². The summed E-state index contributed by atoms with van der Waals surface area (Å²) in [5.41, 5.74) is 3.30. The van der Waals surface area contributed by atoms with Crippen LogP contribution in [0, 0.1) is 4.77 Å². The second-order valence-electron chi connectivity index (χ2n) is 5.04. The summed E-state index contributed by atoms with van der Waals surface area (Å²) in [5, 5.41) is 4.36. The molecule has 3 aromatic rings. The van der Waals surface area contributed by atoms with Gasteiger partial charge in [-0.1, -0.05) is 42.5 Å². The lowest BCUT2D eigenvalue weighted by atomic mass is 10.1. The first-order chi connectivity index (χ1) is 11.7. The van der Waals surface area contributed by atoms with E-state index in [0.29, 0.717) is 10.3 Å². The van der Waals surface area contributed by atoms with Gasteiger partial charge in [0, 0.05) is 0 Å². The number of aromatic amines is 1. The molecule has 2 aromatic carbocycles. The number of hydrogen-bond donors (Lipinski definition) is 1. The first-order valence-corrected chi connectivity index (χ1v) is 7.68. The molecule has 6 heteroatoms. The Labute approximate surface area is 144 Å². The molecular formula is C18H15N3O2S. The van der Waals surface area contributed by atoms with Crippen molar-refractivity contribution >= 4 is 24.4 Å². The second kappa shape index (κ2) is 7.06. The van der Waals surface area contributed by atoms with Crippen LogP contribution in [0.15, 0.2) is 65.9 Å². The van der Waals surface area contributed by atoms with Gasteiger partial charge >= 0.3 is 5.97 Å². The molecule has 0 saturated carbocycles. The van der Waals surface area contributed by atoms with Gasteiger partial charge in [-0.2, -0.15) is 5.10 Å². The molecule has 0 saturated heterocycles. The zero-order valence-corrected chi connectivity index (χ0v) is 13.8. The Morgan fingerprint density at radius 3 is 2.54 bits per heavy atom. The molecule has 1 aromatic heterocycles. The van der Waals surface area contributed by atoms with Crippen LogP contribution in [0.4, 0.5) is 0 Å². The van der Waals surface area contributed by atoms with Gasteiger partial charge in [-0.3, -0.25) is 0 Å². The van der Waals surface area contributed by atoms with E-state index in [9.17, 15) is 4.79 Å². The van der Waals surface area contributed by atoms with E-state index in [2.05, 4.69) is 14.8 Å². The van der Waals surface area contributed by atoms with Crippen LogP contribution >= 0.6 is 12.2 Å². The van der Waals surface area contributed by atoms with E-state index in [1.54, 1.807) is 35.2 Å². The molecule has 0 bridgehead atoms. The zero-order chi connectivity index (χ0) is 16.9. The Morgan fingerprint density at radius 2 is 1.88 bits per heavy atom. The minimum absolute atomic E-state index is 0.362. The van der Waals surface area contributed by atoms with E-state index in [0.717, 1.165) is 16.8 Å². The van der Waals surface area contributed by atoms with Crippen molar-refractivity contribution in [3.8, 4) is 11.3 Å². The number of aromatic nitrogens is 2. The monoisotopic (exact) mass is 337 g/mol. The van der Waals surface area contributed by atoms with Gasteiger partial charge in [-0.15, -0.1) is 0 Å². The van der Waals surface area contributed by atoms with Crippen molar-refractivity contribution in [3.63, 3.8) is 0 Å². The molecule has 0 fully saturated rings. The number of H-pyrrole nitrogens is 1. The van der Waals surface area contributed by atoms with E-state index in [1.165, 1.54) is 7.11 Å². The van der Waals surface area contributed by atoms with Gasteiger partial charge in [0.1, 0.15) is 0 Å². The Kier molecular flexibility index (Phi) is 4.67. The number of methoxy groups -OCH3 is 1. The zero-order valence-electron chi connectivity index (χ0n) is 13.0. The standard InChI is InChI=1S/C18H15N3O2S/c1-23-17(22)15-9-7-13(8-10-15)11-19-21-12-16(20-18(21)24)14-5-3-2-4-6-14/h2-12H,1H3,(H,20,24)/b19-11+. The molecular weight excluding hydrogens is 322 g/mol. The van der Waals surface area contributed by atoms with Crippen LogP contribution in [0.5, 0.6) is 0 Å². The van der Waals surface area contributed by atoms with E-state index >= 15 is 0 Å². The van der Waals surface area contributed by atoms with E-state index in [1.807, 2.05) is 36.5 Å². The highest BCUT2D eigenvalue weighted by atomic mass is 32.1. The number of benzene rings is 2. The highest BCUT2D eigenvalue weighted by Crippen LogP contribution is 2.16. The fourth-order valence-electron chi connectivity index (χ4n) is 2.19. The molecule has 0 spiro atoms. The van der Waals surface area contributed by atoms with Crippen LogP contribution in [-0.2, 0) is 4.74 Å². The van der Waals surface area contributed by atoms with Crippen molar-refractivity contribution < 1.29 is 9.53 Å². The molecule has 0 atom stereocenters. The summed E-state index contributed by atoms with van der Waals surface area (Å²) in [6.07, 6.45) is 3.52. The Bertz CT molecular complexity index is 925. The summed E-state index contributed by atoms with van der Waals surface area (Å²) in [6, 6.07) is 16.9. The van der Waals surface area contributed by atoms with Gasteiger partial charge in [0.25, 0.3) is 0 Å². The second-order valence-corrected chi connectivity index (χ2v) is 5.43. The van der Waals surface area contributed by atoms with E-state index < -0.39 is 0 Å². The van der Waals surface area contributed by atoms with Gasteiger partial charge in [-0.05, 0) is 35.5 Å². The largest absolute Gasteiger partial charge is 0.465 e. The lowest BCUT2D eigenvalue weighted by molar-refractivity contribution is 0.0600. The maximum absolute atomic E-state index is 11.4. The number of ether oxygens (including phenoxy) is 1. The molecule has 0 amide bonds. The van der Waals surface area contributed by atoms with E-state index in [-0.39, 0.29) is 5.97 Å². The third-order valence-corrected chi connectivity index (χ3v) is 3.74. The fraction of sp³-hybridized carbons (Fsp3) is 0.0556. The SMILES string of the molecule is COC(=O)c1ccc(/C=N/n2cc(-c3ccccc3)[nH]c2=S)cc1. The quantitative estimate of drug-likeness (QED) is 0.446. The van der Waals surface area contributed by atoms with Crippen molar-refractivity contribution in [3.05, 3.63) is 76.7 Å². The first-order valence-electron chi connectivity index (χ1n) is 7.27. The Hall–Kier alpha value is -2.99. The number of nitrogens with zero attached hydrogens (tertiary/aromatic N) is 2. The summed E-state index contributed by atoms with van der Waals surface area (Å²) in [6.45, 7) is 0. The summed E-state index contributed by atoms with van der Waals surface area (Å²) in [4.78, 5) is 14.5. The third-order valence-electron chi connectivity index (χ3n) is 3.45. The predicted octanol–water partition coefficient (Wildman–Crippen LogP) is 3.88. The molecule has 120 valence electrons. The molecule has 0 radical (unpaired) electrons. The minimum Gasteiger partial charge on any atom is -0.465 e. The molecule has 1 N–H and O–H groups in total.